The number of likely N-dealkylation sites (tertiary alicyclic amines) is 1. The highest BCUT2D eigenvalue weighted by Gasteiger charge is 2.18. The number of hydrogen-bond donors (Lipinski definition) is 2. The van der Waals surface area contributed by atoms with Gasteiger partial charge in [0.15, 0.2) is 5.11 Å². The minimum atomic E-state index is -0.137. The van der Waals surface area contributed by atoms with Gasteiger partial charge in [-0.1, -0.05) is 19.9 Å². The third kappa shape index (κ3) is 5.03. The van der Waals surface area contributed by atoms with Crippen LogP contribution in [0.15, 0.2) is 24.3 Å². The Morgan fingerprint density at radius 3 is 2.52 bits per heavy atom. The number of nitrogens with one attached hydrogen (secondary N) is 2. The lowest BCUT2D eigenvalue weighted by atomic mass is 10.1. The summed E-state index contributed by atoms with van der Waals surface area (Å²) in [5, 5.41) is 5.82. The number of thiocarbonyl (C=S) groups is 1. The highest BCUT2D eigenvalue weighted by molar-refractivity contribution is 7.80. The van der Waals surface area contributed by atoms with Crippen LogP contribution in [0.25, 0.3) is 0 Å². The summed E-state index contributed by atoms with van der Waals surface area (Å²) in [4.78, 5) is 26.0. The first-order valence-corrected chi connectivity index (χ1v) is 8.39. The third-order valence-corrected chi connectivity index (χ3v) is 3.98. The molecule has 1 aliphatic rings. The van der Waals surface area contributed by atoms with E-state index in [1.807, 2.05) is 17.0 Å². The van der Waals surface area contributed by atoms with Crippen LogP contribution >= 0.6 is 12.2 Å². The van der Waals surface area contributed by atoms with E-state index >= 15 is 0 Å². The summed E-state index contributed by atoms with van der Waals surface area (Å²) in [5.41, 5.74) is 1.33. The Bertz CT molecular complexity index is 595. The lowest BCUT2D eigenvalue weighted by Gasteiger charge is -2.26. The Hall–Kier alpha value is -1.95. The molecule has 0 bridgehead atoms. The van der Waals surface area contributed by atoms with Crippen LogP contribution in [0.3, 0.4) is 0 Å². The van der Waals surface area contributed by atoms with Crippen molar-refractivity contribution in [2.24, 2.45) is 5.92 Å². The summed E-state index contributed by atoms with van der Waals surface area (Å²) >= 11 is 5.13. The molecule has 124 valence electrons. The molecule has 1 aromatic rings. The van der Waals surface area contributed by atoms with Crippen LogP contribution < -0.4 is 10.6 Å². The number of rotatable bonds is 3. The maximum Gasteiger partial charge on any atom is 0.253 e. The Labute approximate surface area is 142 Å². The molecule has 0 spiro atoms. The van der Waals surface area contributed by atoms with Crippen molar-refractivity contribution in [2.45, 2.75) is 33.1 Å². The molecule has 2 amide bonds. The maximum absolute atomic E-state index is 12.5. The van der Waals surface area contributed by atoms with Crippen LogP contribution in [0.5, 0.6) is 0 Å². The van der Waals surface area contributed by atoms with Crippen LogP contribution in [-0.2, 0) is 4.79 Å². The standard InChI is InChI=1S/C17H23N3O2S/c1-12(2)15(21)19-17(23)18-14-8-6-7-13(11-14)16(22)20-9-4-3-5-10-20/h6-8,11-12H,3-5,9-10H2,1-2H3,(H2,18,19,21,23). The average Bonchev–Trinajstić information content (AvgIpc) is 2.55. The van der Waals surface area contributed by atoms with E-state index in [0.717, 1.165) is 25.9 Å². The molecule has 0 radical (unpaired) electrons. The Balaban J connectivity index is 2.00. The number of hydrogen-bond acceptors (Lipinski definition) is 3. The van der Waals surface area contributed by atoms with Crippen LogP contribution in [0.2, 0.25) is 0 Å². The van der Waals surface area contributed by atoms with Gasteiger partial charge in [-0.15, -0.1) is 0 Å². The van der Waals surface area contributed by atoms with Crippen LogP contribution in [-0.4, -0.2) is 34.9 Å². The molecule has 0 atom stereocenters. The summed E-state index contributed by atoms with van der Waals surface area (Å²) in [7, 11) is 0. The van der Waals surface area contributed by atoms with Gasteiger partial charge in [-0.25, -0.2) is 0 Å². The molecule has 1 fully saturated rings. The normalized spacial score (nSPS) is 14.5. The van der Waals surface area contributed by atoms with Crippen molar-refractivity contribution in [2.75, 3.05) is 18.4 Å². The second kappa shape index (κ2) is 8.06. The van der Waals surface area contributed by atoms with Gasteiger partial charge in [0, 0.05) is 30.3 Å². The lowest BCUT2D eigenvalue weighted by Crippen LogP contribution is -2.37. The molecule has 6 heteroatoms. The number of benzene rings is 1. The van der Waals surface area contributed by atoms with Gasteiger partial charge in [0.05, 0.1) is 0 Å². The topological polar surface area (TPSA) is 61.4 Å². The van der Waals surface area contributed by atoms with Gasteiger partial charge in [0.2, 0.25) is 5.91 Å². The maximum atomic E-state index is 12.5. The summed E-state index contributed by atoms with van der Waals surface area (Å²) in [6.45, 7) is 5.24. The molecule has 1 aromatic carbocycles. The molecule has 2 rings (SSSR count). The SMILES string of the molecule is CC(C)C(=O)NC(=S)Nc1cccc(C(=O)N2CCCCC2)c1. The molecule has 2 N–H and O–H groups in total. The summed E-state index contributed by atoms with van der Waals surface area (Å²) < 4.78 is 0. The molecule has 1 heterocycles. The molecular formula is C17H23N3O2S. The van der Waals surface area contributed by atoms with E-state index in [9.17, 15) is 9.59 Å². The number of nitrogens with zero attached hydrogens (tertiary/aromatic N) is 1. The van der Waals surface area contributed by atoms with Crippen molar-refractivity contribution in [3.8, 4) is 0 Å². The zero-order valence-electron chi connectivity index (χ0n) is 13.6. The monoisotopic (exact) mass is 333 g/mol. The smallest absolute Gasteiger partial charge is 0.253 e. The van der Waals surface area contributed by atoms with Crippen molar-refractivity contribution < 1.29 is 9.59 Å². The summed E-state index contributed by atoms with van der Waals surface area (Å²) in [5.74, 6) is -0.227. The largest absolute Gasteiger partial charge is 0.339 e. The second-order valence-corrected chi connectivity index (χ2v) is 6.44. The van der Waals surface area contributed by atoms with E-state index in [2.05, 4.69) is 10.6 Å². The molecular weight excluding hydrogens is 310 g/mol. The van der Waals surface area contributed by atoms with Crippen molar-refractivity contribution in [1.82, 2.24) is 10.2 Å². The molecule has 1 saturated heterocycles. The van der Waals surface area contributed by atoms with Gasteiger partial charge in [0.1, 0.15) is 0 Å². The van der Waals surface area contributed by atoms with E-state index in [4.69, 9.17) is 12.2 Å². The first kappa shape index (κ1) is 17.4. The lowest BCUT2D eigenvalue weighted by molar-refractivity contribution is -0.122. The fraction of sp³-hybridized carbons (Fsp3) is 0.471. The fourth-order valence-corrected chi connectivity index (χ4v) is 2.65. The van der Waals surface area contributed by atoms with Gasteiger partial charge in [0.25, 0.3) is 5.91 Å². The first-order chi connectivity index (χ1) is 11.0. The minimum absolute atomic E-state index is 0.0467. The number of piperidine rings is 1. The predicted molar refractivity (Wildman–Crippen MR) is 95.4 cm³/mol. The Morgan fingerprint density at radius 2 is 1.87 bits per heavy atom. The third-order valence-electron chi connectivity index (χ3n) is 3.77. The molecule has 1 aliphatic heterocycles. The fourth-order valence-electron chi connectivity index (χ4n) is 2.43. The van der Waals surface area contributed by atoms with Gasteiger partial charge in [-0.3, -0.25) is 9.59 Å². The van der Waals surface area contributed by atoms with Crippen molar-refractivity contribution in [3.63, 3.8) is 0 Å². The summed E-state index contributed by atoms with van der Waals surface area (Å²) in [6, 6.07) is 7.20. The van der Waals surface area contributed by atoms with Crippen LogP contribution in [0, 0.1) is 5.92 Å². The quantitative estimate of drug-likeness (QED) is 0.835. The molecule has 5 nitrogen and oxygen atoms in total. The zero-order chi connectivity index (χ0) is 16.8. The van der Waals surface area contributed by atoms with E-state index < -0.39 is 0 Å². The molecule has 0 unspecified atom stereocenters. The van der Waals surface area contributed by atoms with Gasteiger partial charge in [-0.05, 0) is 49.7 Å². The number of amides is 2. The number of carbonyl (C=O) groups excluding carboxylic acids is 2. The van der Waals surface area contributed by atoms with Crippen molar-refractivity contribution in [3.05, 3.63) is 29.8 Å². The molecule has 0 aromatic heterocycles. The van der Waals surface area contributed by atoms with E-state index in [0.29, 0.717) is 11.3 Å². The van der Waals surface area contributed by atoms with E-state index in [1.165, 1.54) is 6.42 Å². The van der Waals surface area contributed by atoms with Gasteiger partial charge in [-0.2, -0.15) is 0 Å². The second-order valence-electron chi connectivity index (χ2n) is 6.03. The minimum Gasteiger partial charge on any atom is -0.339 e. The predicted octanol–water partition coefficient (Wildman–Crippen LogP) is 2.78. The van der Waals surface area contributed by atoms with E-state index in [1.54, 1.807) is 26.0 Å². The van der Waals surface area contributed by atoms with Crippen LogP contribution in [0.1, 0.15) is 43.5 Å². The van der Waals surface area contributed by atoms with Crippen molar-refractivity contribution >= 4 is 34.8 Å². The van der Waals surface area contributed by atoms with Gasteiger partial charge >= 0.3 is 0 Å². The Kier molecular flexibility index (Phi) is 6.10. The van der Waals surface area contributed by atoms with Crippen LogP contribution in [0.4, 0.5) is 5.69 Å². The first-order valence-electron chi connectivity index (χ1n) is 7.98. The highest BCUT2D eigenvalue weighted by Crippen LogP contribution is 2.16. The van der Waals surface area contributed by atoms with Crippen molar-refractivity contribution in [1.29, 1.82) is 0 Å². The number of anilines is 1. The van der Waals surface area contributed by atoms with E-state index in [-0.39, 0.29) is 22.8 Å². The van der Waals surface area contributed by atoms with Gasteiger partial charge < -0.3 is 15.5 Å². The molecule has 0 aliphatic carbocycles. The zero-order valence-corrected chi connectivity index (χ0v) is 14.4. The Morgan fingerprint density at radius 1 is 1.17 bits per heavy atom. The molecule has 23 heavy (non-hydrogen) atoms. The average molecular weight is 333 g/mol. The number of carbonyl (C=O) groups is 2. The summed E-state index contributed by atoms with van der Waals surface area (Å²) in [6.07, 6.45) is 3.32. The molecule has 0 saturated carbocycles. The highest BCUT2D eigenvalue weighted by atomic mass is 32.1.